The average Bonchev–Trinajstić information content (AvgIpc) is 2.60. The molecular weight excluding hydrogens is 330 g/mol. The summed E-state index contributed by atoms with van der Waals surface area (Å²) in [6.07, 6.45) is 2.89. The molecule has 1 aliphatic heterocycles. The zero-order valence-electron chi connectivity index (χ0n) is 15.4. The van der Waals surface area contributed by atoms with Gasteiger partial charge in [0.1, 0.15) is 17.6 Å². The highest BCUT2D eigenvalue weighted by atomic mass is 16.5. The van der Waals surface area contributed by atoms with Crippen LogP contribution in [0.1, 0.15) is 36.1 Å². The van der Waals surface area contributed by atoms with Gasteiger partial charge >= 0.3 is 5.63 Å². The Bertz CT molecular complexity index is 819. The van der Waals surface area contributed by atoms with Gasteiger partial charge in [0, 0.05) is 38.4 Å². The number of benzene rings is 1. The molecule has 5 heteroatoms. The normalized spacial score (nSPS) is 15.1. The highest BCUT2D eigenvalue weighted by molar-refractivity contribution is 5.76. The third kappa shape index (κ3) is 4.75. The highest BCUT2D eigenvalue weighted by Gasteiger charge is 2.24. The first-order chi connectivity index (χ1) is 12.5. The van der Waals surface area contributed by atoms with Crippen molar-refractivity contribution in [1.29, 1.82) is 0 Å². The molecule has 1 amide bonds. The summed E-state index contributed by atoms with van der Waals surface area (Å²) in [5.41, 5.74) is 2.07. The van der Waals surface area contributed by atoms with Crippen LogP contribution in [0, 0.1) is 13.8 Å². The lowest BCUT2D eigenvalue weighted by Gasteiger charge is -2.32. The molecule has 1 aliphatic rings. The van der Waals surface area contributed by atoms with Gasteiger partial charge in [0.2, 0.25) is 5.91 Å². The molecule has 5 nitrogen and oxygen atoms in total. The number of nitrogens with zero attached hydrogens (tertiary/aromatic N) is 1. The Balaban J connectivity index is 1.47. The number of hydrogen-bond acceptors (Lipinski definition) is 4. The fourth-order valence-corrected chi connectivity index (χ4v) is 3.35. The summed E-state index contributed by atoms with van der Waals surface area (Å²) in [7, 11) is 0. The zero-order chi connectivity index (χ0) is 18.5. The Labute approximate surface area is 153 Å². The Morgan fingerprint density at radius 3 is 2.62 bits per heavy atom. The molecule has 0 aliphatic carbocycles. The van der Waals surface area contributed by atoms with E-state index in [1.54, 1.807) is 13.0 Å². The van der Waals surface area contributed by atoms with Gasteiger partial charge in [-0.2, -0.15) is 0 Å². The maximum Gasteiger partial charge on any atom is 0.339 e. The molecule has 0 spiro atoms. The van der Waals surface area contributed by atoms with Crippen LogP contribution in [0.4, 0.5) is 0 Å². The summed E-state index contributed by atoms with van der Waals surface area (Å²) in [5.74, 6) is 1.28. The van der Waals surface area contributed by atoms with Crippen LogP contribution in [0.25, 0.3) is 0 Å². The molecule has 0 unspecified atom stereocenters. The van der Waals surface area contributed by atoms with E-state index in [1.165, 1.54) is 17.2 Å². The highest BCUT2D eigenvalue weighted by Crippen LogP contribution is 2.20. The number of aryl methyl sites for hydroxylation is 3. The summed E-state index contributed by atoms with van der Waals surface area (Å²) >= 11 is 0. The van der Waals surface area contributed by atoms with Crippen LogP contribution in [0.5, 0.6) is 5.75 Å². The maximum atomic E-state index is 12.5. The molecule has 0 radical (unpaired) electrons. The summed E-state index contributed by atoms with van der Waals surface area (Å²) in [6, 6.07) is 11.3. The molecule has 2 heterocycles. The second-order valence-corrected chi connectivity index (χ2v) is 6.85. The molecule has 1 aromatic heterocycles. The molecule has 26 heavy (non-hydrogen) atoms. The topological polar surface area (TPSA) is 59.8 Å². The average molecular weight is 355 g/mol. The van der Waals surface area contributed by atoms with E-state index in [-0.39, 0.29) is 12.0 Å². The number of carbonyl (C=O) groups excluding carboxylic acids is 1. The second kappa shape index (κ2) is 8.21. The summed E-state index contributed by atoms with van der Waals surface area (Å²) < 4.78 is 10.8. The van der Waals surface area contributed by atoms with Crippen molar-refractivity contribution in [2.75, 3.05) is 13.1 Å². The van der Waals surface area contributed by atoms with E-state index in [2.05, 4.69) is 19.1 Å². The van der Waals surface area contributed by atoms with Crippen LogP contribution < -0.4 is 10.4 Å². The minimum Gasteiger partial charge on any atom is -0.490 e. The lowest BCUT2D eigenvalue weighted by molar-refractivity contribution is -0.132. The van der Waals surface area contributed by atoms with E-state index >= 15 is 0 Å². The van der Waals surface area contributed by atoms with Crippen molar-refractivity contribution in [3.05, 3.63) is 63.7 Å². The van der Waals surface area contributed by atoms with Crippen LogP contribution in [0.2, 0.25) is 0 Å². The first-order valence-electron chi connectivity index (χ1n) is 9.12. The molecule has 1 aromatic carbocycles. The molecule has 1 fully saturated rings. The monoisotopic (exact) mass is 355 g/mol. The van der Waals surface area contributed by atoms with Crippen molar-refractivity contribution in [2.45, 2.75) is 45.6 Å². The predicted octanol–water partition coefficient (Wildman–Crippen LogP) is 3.26. The van der Waals surface area contributed by atoms with E-state index in [0.29, 0.717) is 31.0 Å². The van der Waals surface area contributed by atoms with Gasteiger partial charge < -0.3 is 14.1 Å². The Morgan fingerprint density at radius 1 is 1.19 bits per heavy atom. The third-order valence-corrected chi connectivity index (χ3v) is 4.83. The lowest BCUT2D eigenvalue weighted by Crippen LogP contribution is -2.41. The van der Waals surface area contributed by atoms with Gasteiger partial charge in [-0.3, -0.25) is 4.79 Å². The quantitative estimate of drug-likeness (QED) is 0.826. The molecule has 0 N–H and O–H groups in total. The van der Waals surface area contributed by atoms with Crippen molar-refractivity contribution in [1.82, 2.24) is 4.90 Å². The Hall–Kier alpha value is -2.56. The van der Waals surface area contributed by atoms with Gasteiger partial charge in [-0.25, -0.2) is 4.79 Å². The summed E-state index contributed by atoms with van der Waals surface area (Å²) in [6.45, 7) is 5.19. The van der Waals surface area contributed by atoms with Crippen molar-refractivity contribution in [3.8, 4) is 5.75 Å². The number of rotatable bonds is 5. The Kier molecular flexibility index (Phi) is 5.76. The van der Waals surface area contributed by atoms with Crippen molar-refractivity contribution in [2.24, 2.45) is 0 Å². The largest absolute Gasteiger partial charge is 0.490 e. The van der Waals surface area contributed by atoms with Gasteiger partial charge in [0.15, 0.2) is 0 Å². The van der Waals surface area contributed by atoms with Crippen LogP contribution in [0.3, 0.4) is 0 Å². The number of carbonyl (C=O) groups is 1. The van der Waals surface area contributed by atoms with Crippen LogP contribution in [-0.4, -0.2) is 30.0 Å². The summed E-state index contributed by atoms with van der Waals surface area (Å²) in [4.78, 5) is 25.8. The van der Waals surface area contributed by atoms with E-state index in [1.807, 2.05) is 17.0 Å². The van der Waals surface area contributed by atoms with Gasteiger partial charge in [-0.15, -0.1) is 0 Å². The van der Waals surface area contributed by atoms with E-state index in [4.69, 9.17) is 9.15 Å². The summed E-state index contributed by atoms with van der Waals surface area (Å²) in [5, 5.41) is 0. The third-order valence-electron chi connectivity index (χ3n) is 4.83. The van der Waals surface area contributed by atoms with Crippen LogP contribution >= 0.6 is 0 Å². The smallest absolute Gasteiger partial charge is 0.339 e. The molecule has 0 bridgehead atoms. The lowest BCUT2D eigenvalue weighted by atomic mass is 10.0. The van der Waals surface area contributed by atoms with Gasteiger partial charge in [-0.05, 0) is 31.4 Å². The SMILES string of the molecule is Cc1cc(OC2CCN(C(=O)CCc3ccccc3C)CC2)cc(=O)o1. The minimum atomic E-state index is -0.399. The Morgan fingerprint density at radius 2 is 1.92 bits per heavy atom. The fourth-order valence-electron chi connectivity index (χ4n) is 3.35. The van der Waals surface area contributed by atoms with Crippen molar-refractivity contribution < 1.29 is 13.9 Å². The number of likely N-dealkylation sites (tertiary alicyclic amines) is 1. The molecule has 0 atom stereocenters. The van der Waals surface area contributed by atoms with Gasteiger partial charge in [0.25, 0.3) is 0 Å². The number of ether oxygens (including phenoxy) is 1. The zero-order valence-corrected chi connectivity index (χ0v) is 15.4. The van der Waals surface area contributed by atoms with Gasteiger partial charge in [0.05, 0.1) is 6.07 Å². The molecule has 2 aromatic rings. The molecule has 3 rings (SSSR count). The van der Waals surface area contributed by atoms with Crippen LogP contribution in [-0.2, 0) is 11.2 Å². The minimum absolute atomic E-state index is 0.0246. The first-order valence-corrected chi connectivity index (χ1v) is 9.12. The fraction of sp³-hybridized carbons (Fsp3) is 0.429. The standard InChI is InChI=1S/C21H25NO4/c1-15-5-3-4-6-17(15)7-8-20(23)22-11-9-18(10-12-22)26-19-13-16(2)25-21(24)14-19/h3-6,13-14,18H,7-12H2,1-2H3. The number of hydrogen-bond donors (Lipinski definition) is 0. The van der Waals surface area contributed by atoms with Crippen molar-refractivity contribution >= 4 is 5.91 Å². The second-order valence-electron chi connectivity index (χ2n) is 6.85. The molecule has 1 saturated heterocycles. The van der Waals surface area contributed by atoms with Crippen molar-refractivity contribution in [3.63, 3.8) is 0 Å². The van der Waals surface area contributed by atoms with E-state index in [0.717, 1.165) is 19.3 Å². The predicted molar refractivity (Wildman–Crippen MR) is 99.4 cm³/mol. The molecule has 0 saturated carbocycles. The van der Waals surface area contributed by atoms with E-state index in [9.17, 15) is 9.59 Å². The molecular formula is C21H25NO4. The molecule has 138 valence electrons. The number of amides is 1. The maximum absolute atomic E-state index is 12.5. The van der Waals surface area contributed by atoms with Crippen LogP contribution in [0.15, 0.2) is 45.6 Å². The first kappa shape index (κ1) is 18.2. The van der Waals surface area contributed by atoms with E-state index < -0.39 is 5.63 Å². The van der Waals surface area contributed by atoms with Gasteiger partial charge in [-0.1, -0.05) is 24.3 Å². The number of piperidine rings is 1.